The Balaban J connectivity index is 1.40. The maximum atomic E-state index is 13.7. The summed E-state index contributed by atoms with van der Waals surface area (Å²) in [7, 11) is -2.17. The minimum atomic E-state index is -3.84. The number of nitrogens with two attached hydrogens (primary N) is 1. The number of benzene rings is 3. The van der Waals surface area contributed by atoms with Crippen molar-refractivity contribution in [3.8, 4) is 11.1 Å². The highest BCUT2D eigenvalue weighted by Gasteiger charge is 2.36. The average Bonchev–Trinajstić information content (AvgIpc) is 3.36. The highest BCUT2D eigenvalue weighted by molar-refractivity contribution is 7.89. The number of hydrogen-bond acceptors (Lipinski definition) is 7. The summed E-state index contributed by atoms with van der Waals surface area (Å²) >= 11 is 0. The number of carbonyl (C=O) groups is 1. The summed E-state index contributed by atoms with van der Waals surface area (Å²) in [6.45, 7) is 1.99. The van der Waals surface area contributed by atoms with E-state index < -0.39 is 10.0 Å². The molecule has 39 heavy (non-hydrogen) atoms. The molecule has 0 saturated carbocycles. The molecule has 200 valence electrons. The Bertz CT molecular complexity index is 1690. The zero-order chi connectivity index (χ0) is 27.4. The van der Waals surface area contributed by atoms with Gasteiger partial charge in [-0.1, -0.05) is 48.5 Å². The Morgan fingerprint density at radius 2 is 1.59 bits per heavy atom. The first-order valence-corrected chi connectivity index (χ1v) is 14.2. The molecule has 0 unspecified atom stereocenters. The van der Waals surface area contributed by atoms with Crippen LogP contribution in [0.25, 0.3) is 22.0 Å². The second kappa shape index (κ2) is 9.38. The van der Waals surface area contributed by atoms with Gasteiger partial charge in [0.2, 0.25) is 16.0 Å². The van der Waals surface area contributed by atoms with Crippen LogP contribution >= 0.6 is 0 Å². The summed E-state index contributed by atoms with van der Waals surface area (Å²) in [6, 6.07) is 20.0. The van der Waals surface area contributed by atoms with Gasteiger partial charge in [-0.05, 0) is 34.9 Å². The molecule has 6 rings (SSSR count). The van der Waals surface area contributed by atoms with Crippen LogP contribution in [0.3, 0.4) is 0 Å². The van der Waals surface area contributed by atoms with Crippen LogP contribution in [0, 0.1) is 0 Å². The van der Waals surface area contributed by atoms with Crippen LogP contribution in [0.15, 0.2) is 71.6 Å². The van der Waals surface area contributed by atoms with Gasteiger partial charge in [0.15, 0.2) is 0 Å². The van der Waals surface area contributed by atoms with E-state index in [-0.39, 0.29) is 40.2 Å². The lowest BCUT2D eigenvalue weighted by Crippen LogP contribution is -2.56. The molecule has 4 aromatic rings. The van der Waals surface area contributed by atoms with Crippen LogP contribution < -0.4 is 5.73 Å². The van der Waals surface area contributed by atoms with Gasteiger partial charge in [0.1, 0.15) is 18.8 Å². The molecule has 10 nitrogen and oxygen atoms in total. The van der Waals surface area contributed by atoms with E-state index in [4.69, 9.17) is 5.73 Å². The van der Waals surface area contributed by atoms with E-state index >= 15 is 0 Å². The van der Waals surface area contributed by atoms with Gasteiger partial charge in [-0.25, -0.2) is 23.6 Å². The molecular weight excluding hydrogens is 516 g/mol. The van der Waals surface area contributed by atoms with Gasteiger partial charge >= 0.3 is 0 Å². The Morgan fingerprint density at radius 1 is 0.949 bits per heavy atom. The van der Waals surface area contributed by atoms with Gasteiger partial charge < -0.3 is 10.6 Å². The number of carbonyl (C=O) groups excluding carboxylic acids is 1. The zero-order valence-electron chi connectivity index (χ0n) is 21.5. The number of fused-ring (bicyclic) bond motifs is 2. The molecule has 2 aliphatic rings. The van der Waals surface area contributed by atoms with Crippen molar-refractivity contribution >= 4 is 32.8 Å². The summed E-state index contributed by atoms with van der Waals surface area (Å²) < 4.78 is 28.6. The molecule has 2 aliphatic heterocycles. The lowest BCUT2D eigenvalue weighted by molar-refractivity contribution is -1.09. The first-order chi connectivity index (χ1) is 18.6. The monoisotopic (exact) mass is 545 g/mol. The number of quaternary nitrogens is 1. The van der Waals surface area contributed by atoms with Crippen molar-refractivity contribution in [2.24, 2.45) is 0 Å². The van der Waals surface area contributed by atoms with E-state index in [0.29, 0.717) is 48.2 Å². The van der Waals surface area contributed by atoms with Crippen LogP contribution in [0.1, 0.15) is 21.6 Å². The van der Waals surface area contributed by atoms with Crippen molar-refractivity contribution in [3.63, 3.8) is 0 Å². The van der Waals surface area contributed by atoms with Crippen molar-refractivity contribution in [2.45, 2.75) is 18.0 Å². The van der Waals surface area contributed by atoms with E-state index in [2.05, 4.69) is 9.97 Å². The van der Waals surface area contributed by atoms with E-state index in [0.717, 1.165) is 11.1 Å². The minimum Gasteiger partial charge on any atom is -0.368 e. The maximum absolute atomic E-state index is 13.7. The molecule has 3 heterocycles. The molecule has 1 saturated heterocycles. The number of anilines is 1. The van der Waals surface area contributed by atoms with E-state index in [9.17, 15) is 18.4 Å². The first kappa shape index (κ1) is 25.4. The van der Waals surface area contributed by atoms with Crippen LogP contribution in [0.5, 0.6) is 0 Å². The number of hydroxylamine groups is 3. The van der Waals surface area contributed by atoms with Gasteiger partial charge in [-0.15, -0.1) is 0 Å². The van der Waals surface area contributed by atoms with Crippen molar-refractivity contribution in [1.29, 1.82) is 0 Å². The molecule has 0 aliphatic carbocycles. The fourth-order valence-corrected chi connectivity index (χ4v) is 6.93. The normalized spacial score (nSPS) is 17.3. The molecule has 3 N–H and O–H groups in total. The fourth-order valence-electron chi connectivity index (χ4n) is 5.29. The second-order valence-electron chi connectivity index (χ2n) is 10.3. The lowest BCUT2D eigenvalue weighted by atomic mass is 10.0. The molecule has 0 atom stereocenters. The molecule has 0 spiro atoms. The summed E-state index contributed by atoms with van der Waals surface area (Å²) in [5, 5.41) is 10.7. The Hall–Kier alpha value is -3.90. The summed E-state index contributed by atoms with van der Waals surface area (Å²) in [6.07, 6.45) is 0. The highest BCUT2D eigenvalue weighted by atomic mass is 32.2. The number of hydrogen-bond donors (Lipinski definition) is 2. The Labute approximate surface area is 226 Å². The molecule has 1 amide bonds. The number of aromatic nitrogens is 2. The predicted octanol–water partition coefficient (Wildman–Crippen LogP) is 2.88. The standard InChI is InChI=1S/C28H29N6O4S/c1-34(36)14-12-33(13-15-34)39(37,38)25-9-5-4-8-22(25)19-10-11-24-23(16-19)26(31-28(29)30-24)27(35)32-17-20-6-2-3-7-21(20)18-32/h2-11,16,36H,12-15,17-18H2,1H3,(H2,29,30,31)/q+1. The summed E-state index contributed by atoms with van der Waals surface area (Å²) in [4.78, 5) is 24.2. The number of sulfonamides is 1. The Morgan fingerprint density at radius 3 is 2.28 bits per heavy atom. The average molecular weight is 546 g/mol. The van der Waals surface area contributed by atoms with Crippen molar-refractivity contribution in [2.75, 3.05) is 39.0 Å². The minimum absolute atomic E-state index is 0.00215. The lowest BCUT2D eigenvalue weighted by Gasteiger charge is -2.35. The first-order valence-electron chi connectivity index (χ1n) is 12.7. The third-order valence-electron chi connectivity index (χ3n) is 7.52. The number of piperazine rings is 1. The predicted molar refractivity (Wildman–Crippen MR) is 146 cm³/mol. The third-order valence-corrected chi connectivity index (χ3v) is 9.48. The van der Waals surface area contributed by atoms with Crippen molar-refractivity contribution < 1.29 is 23.1 Å². The van der Waals surface area contributed by atoms with Gasteiger partial charge in [0, 0.05) is 24.0 Å². The third kappa shape index (κ3) is 4.63. The van der Waals surface area contributed by atoms with Crippen LogP contribution in [0.2, 0.25) is 0 Å². The summed E-state index contributed by atoms with van der Waals surface area (Å²) in [5.74, 6) is -0.264. The quantitative estimate of drug-likeness (QED) is 0.377. The van der Waals surface area contributed by atoms with Gasteiger partial charge in [0.05, 0.1) is 30.5 Å². The molecule has 0 radical (unpaired) electrons. The smallest absolute Gasteiger partial charge is 0.273 e. The van der Waals surface area contributed by atoms with Gasteiger partial charge in [-0.2, -0.15) is 8.95 Å². The number of nitrogens with zero attached hydrogens (tertiary/aromatic N) is 5. The number of nitrogen functional groups attached to an aromatic ring is 1. The largest absolute Gasteiger partial charge is 0.368 e. The second-order valence-corrected chi connectivity index (χ2v) is 12.2. The van der Waals surface area contributed by atoms with Crippen molar-refractivity contribution in [3.05, 3.63) is 83.6 Å². The molecule has 0 bridgehead atoms. The number of likely N-dealkylation sites (N-methyl/N-ethyl adjacent to an activating group) is 1. The van der Waals surface area contributed by atoms with E-state index in [1.807, 2.05) is 24.3 Å². The van der Waals surface area contributed by atoms with Gasteiger partial charge in [0.25, 0.3) is 5.91 Å². The molecule has 1 fully saturated rings. The number of rotatable bonds is 4. The maximum Gasteiger partial charge on any atom is 0.273 e. The zero-order valence-corrected chi connectivity index (χ0v) is 22.3. The highest BCUT2D eigenvalue weighted by Crippen LogP contribution is 2.33. The van der Waals surface area contributed by atoms with E-state index in [1.165, 1.54) is 4.31 Å². The molecule has 11 heteroatoms. The van der Waals surface area contributed by atoms with Crippen LogP contribution in [-0.4, -0.2) is 76.6 Å². The van der Waals surface area contributed by atoms with E-state index in [1.54, 1.807) is 54.4 Å². The van der Waals surface area contributed by atoms with Crippen LogP contribution in [-0.2, 0) is 23.1 Å². The summed E-state index contributed by atoms with van der Waals surface area (Å²) in [5.41, 5.74) is 9.98. The molecule has 1 aromatic heterocycles. The SMILES string of the molecule is C[N+]1(O)CCN(S(=O)(=O)c2ccccc2-c2ccc3nc(N)nc(C(=O)N4Cc5ccccc5C4)c3c2)CC1. The fraction of sp³-hybridized carbons (Fsp3) is 0.250. The van der Waals surface area contributed by atoms with Gasteiger partial charge in [-0.3, -0.25) is 4.79 Å². The Kier molecular flexibility index (Phi) is 6.11. The number of amides is 1. The molecular formula is C28H29N6O4S+. The topological polar surface area (TPSA) is 130 Å². The molecule has 3 aromatic carbocycles. The van der Waals surface area contributed by atoms with Crippen molar-refractivity contribution in [1.82, 2.24) is 19.2 Å². The van der Waals surface area contributed by atoms with Crippen LogP contribution in [0.4, 0.5) is 5.95 Å².